The molecule has 0 aliphatic rings. The first kappa shape index (κ1) is 12.7. The van der Waals surface area contributed by atoms with Crippen molar-refractivity contribution in [2.45, 2.75) is 39.7 Å². The lowest BCUT2D eigenvalue weighted by atomic mass is 10.3. The van der Waals surface area contributed by atoms with E-state index in [0.717, 1.165) is 25.1 Å². The average Bonchev–Trinajstić information content (AvgIpc) is 2.09. The molecule has 0 heterocycles. The maximum atomic E-state index is 5.43. The quantitative estimate of drug-likeness (QED) is 0.463. The van der Waals surface area contributed by atoms with Crippen LogP contribution in [0, 0.1) is 0 Å². The SMILES string of the molecule is C=C(CNC(C)C)COCCCC. The molecule has 0 aromatic heterocycles. The molecule has 0 aliphatic heterocycles. The fourth-order valence-electron chi connectivity index (χ4n) is 0.862. The number of nitrogens with one attached hydrogen (secondary N) is 1. The Kier molecular flexibility index (Phi) is 8.05. The summed E-state index contributed by atoms with van der Waals surface area (Å²) in [5, 5.41) is 3.31. The van der Waals surface area contributed by atoms with Crippen molar-refractivity contribution in [3.05, 3.63) is 12.2 Å². The highest BCUT2D eigenvalue weighted by molar-refractivity contribution is 4.97. The predicted molar refractivity (Wildman–Crippen MR) is 58.0 cm³/mol. The zero-order valence-electron chi connectivity index (χ0n) is 9.23. The van der Waals surface area contributed by atoms with E-state index in [2.05, 4.69) is 32.7 Å². The van der Waals surface area contributed by atoms with E-state index >= 15 is 0 Å². The smallest absolute Gasteiger partial charge is 0.0686 e. The van der Waals surface area contributed by atoms with E-state index in [1.165, 1.54) is 6.42 Å². The Labute approximate surface area is 82.4 Å². The van der Waals surface area contributed by atoms with Crippen molar-refractivity contribution in [2.24, 2.45) is 0 Å². The number of ether oxygens (including phenoxy) is 1. The van der Waals surface area contributed by atoms with Crippen LogP contribution in [0.15, 0.2) is 12.2 Å². The zero-order chi connectivity index (χ0) is 10.1. The summed E-state index contributed by atoms with van der Waals surface area (Å²) in [6, 6.07) is 0.521. The molecule has 1 N–H and O–H groups in total. The molecular weight excluding hydrogens is 162 g/mol. The number of hydrogen-bond donors (Lipinski definition) is 1. The van der Waals surface area contributed by atoms with Crippen molar-refractivity contribution < 1.29 is 4.74 Å². The Morgan fingerprint density at radius 1 is 1.46 bits per heavy atom. The standard InChI is InChI=1S/C11H23NO/c1-5-6-7-13-9-11(4)8-12-10(2)3/h10,12H,4-9H2,1-3H3. The van der Waals surface area contributed by atoms with Gasteiger partial charge in [-0.05, 0) is 12.0 Å². The maximum absolute atomic E-state index is 5.43. The normalized spacial score (nSPS) is 10.8. The average molecular weight is 185 g/mol. The summed E-state index contributed by atoms with van der Waals surface area (Å²) in [6.07, 6.45) is 2.33. The van der Waals surface area contributed by atoms with Crippen LogP contribution >= 0.6 is 0 Å². The molecule has 0 rings (SSSR count). The fraction of sp³-hybridized carbons (Fsp3) is 0.818. The van der Waals surface area contributed by atoms with Gasteiger partial charge in [0.1, 0.15) is 0 Å². The molecule has 0 unspecified atom stereocenters. The molecule has 13 heavy (non-hydrogen) atoms. The molecule has 0 atom stereocenters. The van der Waals surface area contributed by atoms with Gasteiger partial charge in [-0.3, -0.25) is 0 Å². The van der Waals surface area contributed by atoms with E-state index in [1.54, 1.807) is 0 Å². The third kappa shape index (κ3) is 9.57. The van der Waals surface area contributed by atoms with Crippen molar-refractivity contribution in [3.8, 4) is 0 Å². The maximum Gasteiger partial charge on any atom is 0.0686 e. The Morgan fingerprint density at radius 2 is 2.15 bits per heavy atom. The molecule has 0 bridgehead atoms. The minimum atomic E-state index is 0.521. The van der Waals surface area contributed by atoms with Gasteiger partial charge in [0.2, 0.25) is 0 Å². The topological polar surface area (TPSA) is 21.3 Å². The lowest BCUT2D eigenvalue weighted by molar-refractivity contribution is 0.151. The van der Waals surface area contributed by atoms with Crippen molar-refractivity contribution >= 4 is 0 Å². The molecule has 0 saturated carbocycles. The highest BCUT2D eigenvalue weighted by Gasteiger charge is 1.96. The Hall–Kier alpha value is -0.340. The molecule has 0 aliphatic carbocycles. The van der Waals surface area contributed by atoms with Crippen molar-refractivity contribution in [1.82, 2.24) is 5.32 Å². The van der Waals surface area contributed by atoms with Gasteiger partial charge in [0.05, 0.1) is 6.61 Å². The first-order valence-electron chi connectivity index (χ1n) is 5.14. The first-order chi connectivity index (χ1) is 6.16. The summed E-state index contributed by atoms with van der Waals surface area (Å²) in [6.45, 7) is 12.8. The van der Waals surface area contributed by atoms with Crippen LogP contribution in [-0.2, 0) is 4.74 Å². The summed E-state index contributed by atoms with van der Waals surface area (Å²) in [4.78, 5) is 0. The summed E-state index contributed by atoms with van der Waals surface area (Å²) in [5.41, 5.74) is 1.13. The van der Waals surface area contributed by atoms with Crippen LogP contribution in [0.3, 0.4) is 0 Å². The van der Waals surface area contributed by atoms with Crippen LogP contribution < -0.4 is 5.32 Å². The second-order valence-electron chi connectivity index (χ2n) is 3.69. The van der Waals surface area contributed by atoms with Gasteiger partial charge in [0, 0.05) is 19.2 Å². The van der Waals surface area contributed by atoms with Gasteiger partial charge >= 0.3 is 0 Å². The number of unbranched alkanes of at least 4 members (excludes halogenated alkanes) is 1. The molecule has 0 amide bonds. The monoisotopic (exact) mass is 185 g/mol. The molecule has 2 nitrogen and oxygen atoms in total. The minimum Gasteiger partial charge on any atom is -0.377 e. The molecule has 0 aromatic carbocycles. The predicted octanol–water partition coefficient (Wildman–Crippen LogP) is 2.36. The van der Waals surface area contributed by atoms with Gasteiger partial charge in [0.15, 0.2) is 0 Å². The fourth-order valence-corrected chi connectivity index (χ4v) is 0.862. The van der Waals surface area contributed by atoms with Crippen molar-refractivity contribution in [3.63, 3.8) is 0 Å². The van der Waals surface area contributed by atoms with E-state index in [-0.39, 0.29) is 0 Å². The van der Waals surface area contributed by atoms with E-state index in [0.29, 0.717) is 12.6 Å². The van der Waals surface area contributed by atoms with Gasteiger partial charge in [0.25, 0.3) is 0 Å². The Balaban J connectivity index is 3.20. The van der Waals surface area contributed by atoms with Crippen LogP contribution in [0.2, 0.25) is 0 Å². The molecule has 0 fully saturated rings. The summed E-state index contributed by atoms with van der Waals surface area (Å²) < 4.78 is 5.43. The Morgan fingerprint density at radius 3 is 2.69 bits per heavy atom. The molecule has 0 saturated heterocycles. The summed E-state index contributed by atoms with van der Waals surface area (Å²) in [7, 11) is 0. The van der Waals surface area contributed by atoms with Crippen LogP contribution in [0.5, 0.6) is 0 Å². The highest BCUT2D eigenvalue weighted by atomic mass is 16.5. The van der Waals surface area contributed by atoms with E-state index < -0.39 is 0 Å². The van der Waals surface area contributed by atoms with E-state index in [4.69, 9.17) is 4.74 Å². The lowest BCUT2D eigenvalue weighted by Crippen LogP contribution is -2.25. The lowest BCUT2D eigenvalue weighted by Gasteiger charge is -2.10. The van der Waals surface area contributed by atoms with Crippen molar-refractivity contribution in [1.29, 1.82) is 0 Å². The second kappa shape index (κ2) is 8.27. The summed E-state index contributed by atoms with van der Waals surface area (Å²) in [5.74, 6) is 0. The molecular formula is C11H23NO. The zero-order valence-corrected chi connectivity index (χ0v) is 9.23. The third-order valence-corrected chi connectivity index (χ3v) is 1.71. The van der Waals surface area contributed by atoms with Crippen molar-refractivity contribution in [2.75, 3.05) is 19.8 Å². The third-order valence-electron chi connectivity index (χ3n) is 1.71. The van der Waals surface area contributed by atoms with E-state index in [1.807, 2.05) is 0 Å². The number of hydrogen-bond acceptors (Lipinski definition) is 2. The van der Waals surface area contributed by atoms with Crippen LogP contribution in [0.4, 0.5) is 0 Å². The van der Waals surface area contributed by atoms with Gasteiger partial charge in [-0.15, -0.1) is 0 Å². The van der Waals surface area contributed by atoms with Crippen LogP contribution in [-0.4, -0.2) is 25.8 Å². The Bertz CT molecular complexity index is 132. The first-order valence-corrected chi connectivity index (χ1v) is 5.14. The van der Waals surface area contributed by atoms with Gasteiger partial charge in [-0.1, -0.05) is 33.8 Å². The largest absolute Gasteiger partial charge is 0.377 e. The van der Waals surface area contributed by atoms with Gasteiger partial charge < -0.3 is 10.1 Å². The minimum absolute atomic E-state index is 0.521. The number of rotatable bonds is 8. The molecule has 78 valence electrons. The van der Waals surface area contributed by atoms with Crippen LogP contribution in [0.25, 0.3) is 0 Å². The molecule has 0 radical (unpaired) electrons. The van der Waals surface area contributed by atoms with Gasteiger partial charge in [-0.25, -0.2) is 0 Å². The van der Waals surface area contributed by atoms with E-state index in [9.17, 15) is 0 Å². The highest BCUT2D eigenvalue weighted by Crippen LogP contribution is 1.93. The molecule has 0 aromatic rings. The second-order valence-corrected chi connectivity index (χ2v) is 3.69. The van der Waals surface area contributed by atoms with Crippen LogP contribution in [0.1, 0.15) is 33.6 Å². The van der Waals surface area contributed by atoms with Gasteiger partial charge in [-0.2, -0.15) is 0 Å². The summed E-state index contributed by atoms with van der Waals surface area (Å²) >= 11 is 0. The molecule has 0 spiro atoms. The molecule has 2 heteroatoms.